The minimum absolute atomic E-state index is 0.238. The number of nitrogens with zero attached hydrogens (tertiary/aromatic N) is 4. The molecule has 5 rings (SSSR count). The lowest BCUT2D eigenvalue weighted by Crippen LogP contribution is -2.42. The molecule has 2 aromatic heterocycles. The molecule has 3 aromatic rings. The molecular formula is C26H32N4O2S. The first-order valence-electron chi connectivity index (χ1n) is 12.2. The molecular weight excluding hydrogens is 432 g/mol. The number of aryl methyl sites for hydroxylation is 1. The van der Waals surface area contributed by atoms with Gasteiger partial charge in [-0.2, -0.15) is 4.98 Å². The first kappa shape index (κ1) is 22.3. The summed E-state index contributed by atoms with van der Waals surface area (Å²) in [5, 5.41) is 0.629. The minimum atomic E-state index is 0.238. The number of pyridine rings is 1. The van der Waals surface area contributed by atoms with Crippen LogP contribution in [0.15, 0.2) is 36.5 Å². The fourth-order valence-corrected chi connectivity index (χ4v) is 5.65. The predicted octanol–water partition coefficient (Wildman–Crippen LogP) is 4.92. The molecule has 2 aliphatic rings. The summed E-state index contributed by atoms with van der Waals surface area (Å²) in [5.74, 6) is 1.44. The van der Waals surface area contributed by atoms with Crippen molar-refractivity contribution < 1.29 is 9.53 Å². The molecule has 0 radical (unpaired) electrons. The van der Waals surface area contributed by atoms with E-state index >= 15 is 0 Å². The van der Waals surface area contributed by atoms with Gasteiger partial charge in [0.15, 0.2) is 5.65 Å². The first-order valence-corrected chi connectivity index (χ1v) is 13.0. The van der Waals surface area contributed by atoms with Gasteiger partial charge >= 0.3 is 0 Å². The number of thiazole rings is 1. The van der Waals surface area contributed by atoms with E-state index in [9.17, 15) is 4.79 Å². The second-order valence-corrected chi connectivity index (χ2v) is 10.1. The number of hydrogen-bond acceptors (Lipinski definition) is 6. The molecule has 2 fully saturated rings. The molecule has 0 saturated carbocycles. The van der Waals surface area contributed by atoms with Crippen molar-refractivity contribution in [3.05, 3.63) is 47.7 Å². The molecule has 33 heavy (non-hydrogen) atoms. The van der Waals surface area contributed by atoms with Crippen LogP contribution in [0.1, 0.15) is 43.7 Å². The zero-order chi connectivity index (χ0) is 22.6. The Kier molecular flexibility index (Phi) is 6.88. The summed E-state index contributed by atoms with van der Waals surface area (Å²) in [7, 11) is 0. The standard InChI is InChI=1S/C26H32N4O2S/c1-2-19-17-23-24(27-18-19)28-26(33-23)32-22-7-5-20(6-8-22)9-14-29-15-10-21(11-16-29)25(31)30-12-3-4-13-30/h5-8,17-18,21H,2-4,9-16H2,1H3. The number of carbonyl (C=O) groups excluding carboxylic acids is 1. The van der Waals surface area contributed by atoms with Crippen LogP contribution in [-0.4, -0.2) is 58.4 Å². The fourth-order valence-electron chi connectivity index (χ4n) is 4.79. The Hall–Kier alpha value is -2.51. The molecule has 0 atom stereocenters. The van der Waals surface area contributed by atoms with Gasteiger partial charge in [0.2, 0.25) is 5.91 Å². The molecule has 174 valence electrons. The number of likely N-dealkylation sites (tertiary alicyclic amines) is 2. The molecule has 7 heteroatoms. The van der Waals surface area contributed by atoms with Crippen molar-refractivity contribution in [2.75, 3.05) is 32.7 Å². The highest BCUT2D eigenvalue weighted by Crippen LogP contribution is 2.31. The molecule has 1 aromatic carbocycles. The number of rotatable bonds is 7. The maximum atomic E-state index is 12.6. The molecule has 6 nitrogen and oxygen atoms in total. The number of carbonyl (C=O) groups is 1. The van der Waals surface area contributed by atoms with Crippen LogP contribution in [0.3, 0.4) is 0 Å². The van der Waals surface area contributed by atoms with Gasteiger partial charge < -0.3 is 14.5 Å². The van der Waals surface area contributed by atoms with Gasteiger partial charge in [0, 0.05) is 31.7 Å². The Morgan fingerprint density at radius 1 is 1.09 bits per heavy atom. The lowest BCUT2D eigenvalue weighted by Gasteiger charge is -2.33. The fraction of sp³-hybridized carbons (Fsp3) is 0.500. The maximum Gasteiger partial charge on any atom is 0.281 e. The SMILES string of the molecule is CCc1cnc2nc(Oc3ccc(CCN4CCC(C(=O)N5CCCC5)CC4)cc3)sc2c1. The number of aromatic nitrogens is 2. The number of fused-ring (bicyclic) bond motifs is 1. The maximum absolute atomic E-state index is 12.6. The van der Waals surface area contributed by atoms with Crippen molar-refractivity contribution in [1.82, 2.24) is 19.8 Å². The second-order valence-electron chi connectivity index (χ2n) is 9.14. The monoisotopic (exact) mass is 464 g/mol. The molecule has 0 bridgehead atoms. The highest BCUT2D eigenvalue weighted by atomic mass is 32.1. The van der Waals surface area contributed by atoms with E-state index in [0.717, 1.165) is 74.5 Å². The molecule has 1 amide bonds. The van der Waals surface area contributed by atoms with Crippen molar-refractivity contribution in [1.29, 1.82) is 0 Å². The Morgan fingerprint density at radius 2 is 1.85 bits per heavy atom. The lowest BCUT2D eigenvalue weighted by molar-refractivity contribution is -0.135. The predicted molar refractivity (Wildman–Crippen MR) is 132 cm³/mol. The van der Waals surface area contributed by atoms with E-state index < -0.39 is 0 Å². The van der Waals surface area contributed by atoms with Crippen molar-refractivity contribution in [2.24, 2.45) is 5.92 Å². The average Bonchev–Trinajstić information content (AvgIpc) is 3.53. The Morgan fingerprint density at radius 3 is 2.58 bits per heavy atom. The largest absolute Gasteiger partial charge is 0.431 e. The topological polar surface area (TPSA) is 58.6 Å². The van der Waals surface area contributed by atoms with Gasteiger partial charge in [-0.25, -0.2) is 4.98 Å². The van der Waals surface area contributed by atoms with E-state index in [2.05, 4.69) is 44.9 Å². The number of piperidine rings is 1. The van der Waals surface area contributed by atoms with Crippen LogP contribution >= 0.6 is 11.3 Å². The highest BCUT2D eigenvalue weighted by molar-refractivity contribution is 7.20. The number of hydrogen-bond donors (Lipinski definition) is 0. The number of amides is 1. The van der Waals surface area contributed by atoms with E-state index in [1.54, 1.807) is 0 Å². The summed E-state index contributed by atoms with van der Waals surface area (Å²) in [5.41, 5.74) is 3.26. The van der Waals surface area contributed by atoms with E-state index in [4.69, 9.17) is 4.74 Å². The van der Waals surface area contributed by atoms with Crippen molar-refractivity contribution >= 4 is 27.6 Å². The quantitative estimate of drug-likeness (QED) is 0.497. The molecule has 4 heterocycles. The highest BCUT2D eigenvalue weighted by Gasteiger charge is 2.29. The van der Waals surface area contributed by atoms with Crippen LogP contribution in [0.5, 0.6) is 10.9 Å². The first-order chi connectivity index (χ1) is 16.2. The Bertz CT molecular complexity index is 1080. The Labute approximate surface area is 199 Å². The summed E-state index contributed by atoms with van der Waals surface area (Å²) in [6.07, 6.45) is 8.20. The number of ether oxygens (including phenoxy) is 1. The summed E-state index contributed by atoms with van der Waals surface area (Å²) in [6.45, 7) is 7.14. The molecule has 2 saturated heterocycles. The van der Waals surface area contributed by atoms with Crippen LogP contribution in [0, 0.1) is 5.92 Å². The van der Waals surface area contributed by atoms with Gasteiger partial charge in [-0.15, -0.1) is 0 Å². The third kappa shape index (κ3) is 5.36. The molecule has 0 unspecified atom stereocenters. The zero-order valence-corrected chi connectivity index (χ0v) is 20.1. The summed E-state index contributed by atoms with van der Waals surface area (Å²) >= 11 is 1.54. The van der Waals surface area contributed by atoms with E-state index in [0.29, 0.717) is 11.1 Å². The molecule has 0 N–H and O–H groups in total. The van der Waals surface area contributed by atoms with Crippen LogP contribution in [-0.2, 0) is 17.6 Å². The minimum Gasteiger partial charge on any atom is -0.431 e. The van der Waals surface area contributed by atoms with Crippen LogP contribution in [0.25, 0.3) is 10.3 Å². The van der Waals surface area contributed by atoms with Crippen molar-refractivity contribution in [3.8, 4) is 10.9 Å². The van der Waals surface area contributed by atoms with Crippen LogP contribution in [0.2, 0.25) is 0 Å². The van der Waals surface area contributed by atoms with Crippen LogP contribution < -0.4 is 4.74 Å². The van der Waals surface area contributed by atoms with Crippen LogP contribution in [0.4, 0.5) is 0 Å². The summed E-state index contributed by atoms with van der Waals surface area (Å²) in [4.78, 5) is 26.1. The Balaban J connectivity index is 1.09. The zero-order valence-electron chi connectivity index (χ0n) is 19.3. The van der Waals surface area contributed by atoms with Crippen molar-refractivity contribution in [2.45, 2.75) is 45.4 Å². The normalized spacial score (nSPS) is 17.7. The van der Waals surface area contributed by atoms with E-state index in [1.807, 2.05) is 18.3 Å². The van der Waals surface area contributed by atoms with E-state index in [1.165, 1.54) is 35.3 Å². The summed E-state index contributed by atoms with van der Waals surface area (Å²) in [6, 6.07) is 10.5. The average molecular weight is 465 g/mol. The molecule has 2 aliphatic heterocycles. The smallest absolute Gasteiger partial charge is 0.281 e. The third-order valence-corrected chi connectivity index (χ3v) is 7.76. The third-order valence-electron chi connectivity index (χ3n) is 6.89. The second kappa shape index (κ2) is 10.2. The van der Waals surface area contributed by atoms with E-state index in [-0.39, 0.29) is 5.92 Å². The van der Waals surface area contributed by atoms with Gasteiger partial charge in [0.25, 0.3) is 5.19 Å². The van der Waals surface area contributed by atoms with Gasteiger partial charge in [-0.1, -0.05) is 30.4 Å². The van der Waals surface area contributed by atoms with Gasteiger partial charge in [-0.05, 0) is 80.9 Å². The molecule has 0 spiro atoms. The molecule has 0 aliphatic carbocycles. The van der Waals surface area contributed by atoms with Gasteiger partial charge in [0.05, 0.1) is 4.70 Å². The van der Waals surface area contributed by atoms with Gasteiger partial charge in [0.1, 0.15) is 5.75 Å². The summed E-state index contributed by atoms with van der Waals surface area (Å²) < 4.78 is 7.05. The lowest BCUT2D eigenvalue weighted by atomic mass is 9.95. The number of benzene rings is 1. The van der Waals surface area contributed by atoms with Gasteiger partial charge in [-0.3, -0.25) is 4.79 Å². The van der Waals surface area contributed by atoms with Crippen molar-refractivity contribution in [3.63, 3.8) is 0 Å².